The minimum absolute atomic E-state index is 0.193. The Hall–Kier alpha value is -2.00. The van der Waals surface area contributed by atoms with Gasteiger partial charge in [0.15, 0.2) is 0 Å². The minimum atomic E-state index is 0.193. The van der Waals surface area contributed by atoms with Crippen LogP contribution in [0.3, 0.4) is 0 Å². The summed E-state index contributed by atoms with van der Waals surface area (Å²) in [5.74, 6) is 1.90. The Morgan fingerprint density at radius 2 is 1.68 bits per heavy atom. The second-order valence-corrected chi connectivity index (χ2v) is 14.6. The molecule has 1 aliphatic heterocycles. The standard InChI is InChI=1S/C32H39N2O2S4/c1-9-33-22-14-24(35-5)28(37-7)16-26(22)39-30(33)12-20-11-21(19-32(3,4)18-20)13-31-34(10-2)23-15-25(36-6)29(38-8)17-27(23)40-31/h11-17H,9-10,18-19H2,1-8H3/q+1. The molecule has 0 fully saturated rings. The average molecular weight is 612 g/mol. The number of aryl methyl sites for hydroxylation is 1. The monoisotopic (exact) mass is 611 g/mol. The molecule has 40 heavy (non-hydrogen) atoms. The molecule has 5 rings (SSSR count). The number of hydrogen-bond acceptors (Lipinski definition) is 7. The molecule has 2 heterocycles. The highest BCUT2D eigenvalue weighted by molar-refractivity contribution is 8.03. The topological polar surface area (TPSA) is 25.6 Å². The molecule has 0 radical (unpaired) electrons. The highest BCUT2D eigenvalue weighted by Crippen LogP contribution is 2.51. The summed E-state index contributed by atoms with van der Waals surface area (Å²) in [6.45, 7) is 11.1. The SMILES string of the molecule is CCN1/C(=C/C2=CC(=C\c3sc4cc(SC)c(OC)cc4[n+]3CC)/CC(C)(C)C2)Sc2cc(SC)c(OC)cc21. The third kappa shape index (κ3) is 5.69. The van der Waals surface area contributed by atoms with Crippen molar-refractivity contribution in [3.8, 4) is 11.5 Å². The van der Waals surface area contributed by atoms with Gasteiger partial charge in [0.2, 0.25) is 5.52 Å². The first-order chi connectivity index (χ1) is 19.2. The Kier molecular flexibility index (Phi) is 8.91. The number of methoxy groups -OCH3 is 2. The molecular weight excluding hydrogens is 573 g/mol. The van der Waals surface area contributed by atoms with Crippen LogP contribution in [-0.2, 0) is 6.54 Å². The van der Waals surface area contributed by atoms with Gasteiger partial charge in [-0.05, 0) is 74.0 Å². The molecule has 0 saturated heterocycles. The summed E-state index contributed by atoms with van der Waals surface area (Å²) in [4.78, 5) is 6.10. The predicted octanol–water partition coefficient (Wildman–Crippen LogP) is 9.27. The number of thiazole rings is 1. The smallest absolute Gasteiger partial charge is 0.263 e. The molecule has 0 N–H and O–H groups in total. The second kappa shape index (κ2) is 12.1. The van der Waals surface area contributed by atoms with Crippen LogP contribution in [0.1, 0.15) is 45.5 Å². The third-order valence-electron chi connectivity index (χ3n) is 7.46. The van der Waals surface area contributed by atoms with E-state index in [1.165, 1.54) is 51.8 Å². The van der Waals surface area contributed by atoms with Gasteiger partial charge < -0.3 is 14.4 Å². The molecule has 1 aromatic heterocycles. The van der Waals surface area contributed by atoms with Crippen LogP contribution >= 0.6 is 46.6 Å². The number of ether oxygens (including phenoxy) is 2. The summed E-state index contributed by atoms with van der Waals surface area (Å²) in [5, 5.41) is 2.59. The lowest BCUT2D eigenvalue weighted by Crippen LogP contribution is -2.33. The first-order valence-electron chi connectivity index (χ1n) is 13.7. The number of nitrogens with zero attached hydrogens (tertiary/aromatic N) is 2. The molecule has 212 valence electrons. The Bertz CT molecular complexity index is 1530. The van der Waals surface area contributed by atoms with Crippen molar-refractivity contribution < 1.29 is 14.0 Å². The van der Waals surface area contributed by atoms with Crippen LogP contribution in [0, 0.1) is 5.41 Å². The number of allylic oxidation sites excluding steroid dienone is 4. The van der Waals surface area contributed by atoms with E-state index in [-0.39, 0.29) is 5.41 Å². The minimum Gasteiger partial charge on any atom is -0.496 e. The van der Waals surface area contributed by atoms with Gasteiger partial charge in [-0.1, -0.05) is 43.0 Å². The van der Waals surface area contributed by atoms with E-state index in [0.29, 0.717) is 0 Å². The van der Waals surface area contributed by atoms with Crippen LogP contribution in [0.15, 0.2) is 67.3 Å². The molecule has 2 aromatic carbocycles. The average Bonchev–Trinajstić information content (AvgIpc) is 3.45. The van der Waals surface area contributed by atoms with Crippen LogP contribution in [0.5, 0.6) is 11.5 Å². The first kappa shape index (κ1) is 29.5. The Balaban J connectivity index is 1.54. The fraction of sp³-hybridized carbons (Fsp3) is 0.406. The van der Waals surface area contributed by atoms with E-state index in [2.05, 4.69) is 92.2 Å². The number of fused-ring (bicyclic) bond motifs is 2. The van der Waals surface area contributed by atoms with Gasteiger partial charge in [0, 0.05) is 23.6 Å². The summed E-state index contributed by atoms with van der Waals surface area (Å²) in [6.07, 6.45) is 13.6. The van der Waals surface area contributed by atoms with Crippen molar-refractivity contribution >= 4 is 68.6 Å². The van der Waals surface area contributed by atoms with Gasteiger partial charge in [0.05, 0.1) is 40.8 Å². The van der Waals surface area contributed by atoms with Crippen LogP contribution < -0.4 is 18.9 Å². The van der Waals surface area contributed by atoms with Gasteiger partial charge in [-0.25, -0.2) is 0 Å². The summed E-state index contributed by atoms with van der Waals surface area (Å²) in [6, 6.07) is 8.96. The molecular formula is C32H39N2O2S4+. The number of hydrogen-bond donors (Lipinski definition) is 0. The van der Waals surface area contributed by atoms with E-state index in [4.69, 9.17) is 9.47 Å². The van der Waals surface area contributed by atoms with Crippen LogP contribution in [0.25, 0.3) is 16.3 Å². The second-order valence-electron chi connectivity index (χ2n) is 10.8. The number of rotatable bonds is 8. The molecule has 0 unspecified atom stereocenters. The number of aromatic nitrogens is 1. The maximum atomic E-state index is 5.70. The van der Waals surface area contributed by atoms with Crippen LogP contribution in [0.4, 0.5) is 5.69 Å². The van der Waals surface area contributed by atoms with Crippen molar-refractivity contribution in [2.75, 3.05) is 38.2 Å². The van der Waals surface area contributed by atoms with Crippen molar-refractivity contribution in [1.82, 2.24) is 0 Å². The van der Waals surface area contributed by atoms with Gasteiger partial charge in [-0.3, -0.25) is 0 Å². The largest absolute Gasteiger partial charge is 0.496 e. The number of thioether (sulfide) groups is 3. The maximum absolute atomic E-state index is 5.70. The maximum Gasteiger partial charge on any atom is 0.263 e. The molecule has 3 aromatic rings. The van der Waals surface area contributed by atoms with Crippen molar-refractivity contribution in [3.05, 3.63) is 57.6 Å². The van der Waals surface area contributed by atoms with Crippen LogP contribution in [0.2, 0.25) is 0 Å². The molecule has 1 aliphatic carbocycles. The zero-order chi connectivity index (χ0) is 28.6. The van der Waals surface area contributed by atoms with Crippen molar-refractivity contribution in [2.24, 2.45) is 5.41 Å². The summed E-state index contributed by atoms with van der Waals surface area (Å²) in [7, 11) is 3.52. The Morgan fingerprint density at radius 1 is 0.975 bits per heavy atom. The molecule has 8 heteroatoms. The quantitative estimate of drug-likeness (QED) is 0.186. The van der Waals surface area contributed by atoms with E-state index in [1.54, 1.807) is 37.7 Å². The molecule has 2 aliphatic rings. The van der Waals surface area contributed by atoms with Gasteiger partial charge >= 0.3 is 0 Å². The molecule has 0 bridgehead atoms. The fourth-order valence-corrected chi connectivity index (χ4v) is 9.49. The zero-order valence-electron chi connectivity index (χ0n) is 24.7. The fourth-order valence-electron chi connectivity index (χ4n) is 5.74. The first-order valence-corrected chi connectivity index (χ1v) is 17.7. The van der Waals surface area contributed by atoms with E-state index in [0.717, 1.165) is 37.4 Å². The summed E-state index contributed by atoms with van der Waals surface area (Å²) in [5.41, 5.74) is 5.47. The lowest BCUT2D eigenvalue weighted by molar-refractivity contribution is -0.665. The molecule has 0 amide bonds. The summed E-state index contributed by atoms with van der Waals surface area (Å²) < 4.78 is 15.1. The lowest BCUT2D eigenvalue weighted by atomic mass is 9.75. The number of benzene rings is 2. The van der Waals surface area contributed by atoms with E-state index in [9.17, 15) is 0 Å². The van der Waals surface area contributed by atoms with Gasteiger partial charge in [0.1, 0.15) is 22.7 Å². The third-order valence-corrected chi connectivity index (χ3v) is 11.2. The number of anilines is 1. The molecule has 0 spiro atoms. The highest BCUT2D eigenvalue weighted by atomic mass is 32.2. The van der Waals surface area contributed by atoms with Crippen LogP contribution in [-0.4, -0.2) is 33.3 Å². The highest BCUT2D eigenvalue weighted by Gasteiger charge is 2.30. The van der Waals surface area contributed by atoms with Gasteiger partial charge in [0.25, 0.3) is 5.01 Å². The van der Waals surface area contributed by atoms with Crippen molar-refractivity contribution in [2.45, 2.75) is 61.8 Å². The van der Waals surface area contributed by atoms with E-state index >= 15 is 0 Å². The summed E-state index contributed by atoms with van der Waals surface area (Å²) >= 11 is 7.22. The normalized spacial score (nSPS) is 18.5. The van der Waals surface area contributed by atoms with Crippen molar-refractivity contribution in [3.63, 3.8) is 0 Å². The van der Waals surface area contributed by atoms with Gasteiger partial charge in [-0.15, -0.1) is 23.5 Å². The Labute approximate surface area is 255 Å². The van der Waals surface area contributed by atoms with Crippen molar-refractivity contribution in [1.29, 1.82) is 0 Å². The van der Waals surface area contributed by atoms with E-state index < -0.39 is 0 Å². The molecule has 4 nitrogen and oxygen atoms in total. The lowest BCUT2D eigenvalue weighted by Gasteiger charge is -2.31. The molecule has 0 atom stereocenters. The van der Waals surface area contributed by atoms with Gasteiger partial charge in [-0.2, -0.15) is 4.57 Å². The molecule has 0 saturated carbocycles. The Morgan fingerprint density at radius 3 is 2.33 bits per heavy atom. The predicted molar refractivity (Wildman–Crippen MR) is 177 cm³/mol. The zero-order valence-corrected chi connectivity index (χ0v) is 28.0. The van der Waals surface area contributed by atoms with E-state index in [1.807, 2.05) is 23.1 Å².